The number of nitrogens with two attached hydrogens (primary N) is 1. The molecule has 1 unspecified atom stereocenters. The van der Waals surface area contributed by atoms with Gasteiger partial charge < -0.3 is 14.2 Å². The highest BCUT2D eigenvalue weighted by molar-refractivity contribution is 7.18. The number of rotatable bonds is 8. The van der Waals surface area contributed by atoms with Crippen molar-refractivity contribution < 1.29 is 28.9 Å². The normalized spacial score (nSPS) is 12.2. The minimum absolute atomic E-state index is 0.0385. The van der Waals surface area contributed by atoms with Crippen molar-refractivity contribution in [3.8, 4) is 22.1 Å². The van der Waals surface area contributed by atoms with Gasteiger partial charge in [0, 0.05) is 23.1 Å². The molecule has 10 nitrogen and oxygen atoms in total. The highest BCUT2D eigenvalue weighted by Gasteiger charge is 2.32. The van der Waals surface area contributed by atoms with E-state index in [4.69, 9.17) is 19.9 Å². The fourth-order valence-electron chi connectivity index (χ4n) is 5.12. The maximum Gasteiger partial charge on any atom is 0.419 e. The van der Waals surface area contributed by atoms with Gasteiger partial charge in [0.2, 0.25) is 0 Å². The van der Waals surface area contributed by atoms with Crippen LogP contribution in [0.3, 0.4) is 0 Å². The van der Waals surface area contributed by atoms with E-state index in [1.807, 2.05) is 75.4 Å². The first-order chi connectivity index (χ1) is 20.5. The fourth-order valence-corrected chi connectivity index (χ4v) is 6.06. The van der Waals surface area contributed by atoms with E-state index >= 15 is 0 Å². The second kappa shape index (κ2) is 11.8. The van der Waals surface area contributed by atoms with E-state index < -0.39 is 16.6 Å². The number of carbonyl (C=O) groups is 1. The van der Waals surface area contributed by atoms with Crippen molar-refractivity contribution in [2.45, 2.75) is 38.7 Å². The third-order valence-electron chi connectivity index (χ3n) is 7.00. The van der Waals surface area contributed by atoms with Crippen molar-refractivity contribution in [2.75, 3.05) is 20.0 Å². The van der Waals surface area contributed by atoms with Crippen molar-refractivity contribution in [3.63, 3.8) is 0 Å². The molecule has 0 aliphatic rings. The lowest BCUT2D eigenvalue weighted by molar-refractivity contribution is -0.385. The molecule has 0 fully saturated rings. The average Bonchev–Trinajstić information content (AvgIpc) is 3.55. The molecule has 5 rings (SSSR count). The summed E-state index contributed by atoms with van der Waals surface area (Å²) in [7, 11) is 3.13. The van der Waals surface area contributed by atoms with Crippen LogP contribution in [0.2, 0.25) is 0 Å². The number of benzene rings is 3. The maximum absolute atomic E-state index is 13.6. The molecule has 0 amide bonds. The number of nitrogens with one attached hydrogen (secondary N) is 1. The summed E-state index contributed by atoms with van der Waals surface area (Å²) in [6.07, 6.45) is -0.174. The number of H-pyrrole nitrogens is 1. The van der Waals surface area contributed by atoms with Crippen LogP contribution in [-0.4, -0.2) is 35.4 Å². The average molecular weight is 602 g/mol. The Morgan fingerprint density at radius 3 is 2.42 bits per heavy atom. The van der Waals surface area contributed by atoms with E-state index in [1.54, 1.807) is 17.7 Å². The van der Waals surface area contributed by atoms with Gasteiger partial charge in [-0.3, -0.25) is 15.8 Å². The van der Waals surface area contributed by atoms with Crippen molar-refractivity contribution in [3.05, 3.63) is 99.7 Å². The van der Waals surface area contributed by atoms with Crippen LogP contribution in [0, 0.1) is 10.1 Å². The van der Waals surface area contributed by atoms with E-state index in [2.05, 4.69) is 4.98 Å². The van der Waals surface area contributed by atoms with E-state index in [1.165, 1.54) is 30.6 Å². The number of nitro groups is 1. The van der Waals surface area contributed by atoms with Crippen LogP contribution >= 0.6 is 11.3 Å². The predicted octanol–water partition coefficient (Wildman–Crippen LogP) is 6.85. The van der Waals surface area contributed by atoms with Crippen LogP contribution in [0.25, 0.3) is 21.5 Å². The van der Waals surface area contributed by atoms with E-state index in [9.17, 15) is 14.9 Å². The molecule has 0 aliphatic carbocycles. The fraction of sp³-hybridized carbons (Fsp3) is 0.250. The molecule has 0 spiro atoms. The van der Waals surface area contributed by atoms with Crippen LogP contribution < -0.4 is 20.2 Å². The molecule has 0 bridgehead atoms. The summed E-state index contributed by atoms with van der Waals surface area (Å²) in [6, 6.07) is 21.7. The highest BCUT2D eigenvalue weighted by Crippen LogP contribution is 2.42. The lowest BCUT2D eigenvalue weighted by Crippen LogP contribution is -2.27. The second-order valence-corrected chi connectivity index (χ2v) is 12.1. The molecule has 11 heteroatoms. The molecule has 3 N–H and O–H groups in total. The number of ether oxygens (including phenoxy) is 3. The molecule has 5 aromatic rings. The number of para-hydroxylation sites is 1. The van der Waals surface area contributed by atoms with Gasteiger partial charge in [0.25, 0.3) is 5.69 Å². The zero-order valence-corrected chi connectivity index (χ0v) is 25.4. The molecule has 3 aromatic carbocycles. The van der Waals surface area contributed by atoms with Crippen LogP contribution in [0.1, 0.15) is 43.5 Å². The summed E-state index contributed by atoms with van der Waals surface area (Å²) in [5, 5.41) is 13.0. The monoisotopic (exact) mass is 601 g/mol. The third-order valence-corrected chi connectivity index (χ3v) is 7.95. The Balaban J connectivity index is 1.73. The summed E-state index contributed by atoms with van der Waals surface area (Å²) in [5.41, 5.74) is 9.28. The number of fused-ring (bicyclic) bond motifs is 1. The van der Waals surface area contributed by atoms with Gasteiger partial charge >= 0.3 is 11.2 Å². The smallest absolute Gasteiger partial charge is 0.419 e. The van der Waals surface area contributed by atoms with Crippen LogP contribution in [0.5, 0.6) is 11.5 Å². The van der Waals surface area contributed by atoms with Gasteiger partial charge in [-0.25, -0.2) is 14.3 Å². The Hall–Kier alpha value is -4.90. The number of anilines is 1. The second-order valence-electron chi connectivity index (χ2n) is 11.0. The third kappa shape index (κ3) is 6.17. The first kappa shape index (κ1) is 29.6. The molecular weight excluding hydrogens is 568 g/mol. The largest absolute Gasteiger partial charge is 0.497 e. The van der Waals surface area contributed by atoms with Gasteiger partial charge in [-0.2, -0.15) is 0 Å². The molecule has 0 radical (unpaired) electrons. The molecule has 0 aliphatic heterocycles. The Morgan fingerprint density at radius 2 is 1.77 bits per heavy atom. The number of thiazole rings is 1. The molecule has 222 valence electrons. The number of aromatic amines is 1. The summed E-state index contributed by atoms with van der Waals surface area (Å²) in [4.78, 5) is 29.0. The summed E-state index contributed by atoms with van der Waals surface area (Å²) >= 11 is 1.32. The highest BCUT2D eigenvalue weighted by atomic mass is 32.1. The molecule has 2 heterocycles. The van der Waals surface area contributed by atoms with E-state index in [-0.39, 0.29) is 11.6 Å². The van der Waals surface area contributed by atoms with E-state index in [0.29, 0.717) is 39.8 Å². The minimum Gasteiger partial charge on any atom is -0.497 e. The Morgan fingerprint density at radius 1 is 1.05 bits per heavy atom. The van der Waals surface area contributed by atoms with E-state index in [0.717, 1.165) is 21.5 Å². The van der Waals surface area contributed by atoms with Crippen LogP contribution in [0.4, 0.5) is 15.6 Å². The zero-order valence-electron chi connectivity index (χ0n) is 24.5. The lowest BCUT2D eigenvalue weighted by Gasteiger charge is -2.21. The number of nitro benzene ring substituents is 1. The van der Waals surface area contributed by atoms with Gasteiger partial charge in [0.1, 0.15) is 27.7 Å². The topological polar surface area (TPSA) is 133 Å². The Labute approximate surface area is 252 Å². The van der Waals surface area contributed by atoms with Gasteiger partial charge in [0.05, 0.1) is 36.3 Å². The first-order valence-electron chi connectivity index (χ1n) is 13.6. The molecule has 0 saturated carbocycles. The van der Waals surface area contributed by atoms with Crippen molar-refractivity contribution in [1.82, 2.24) is 4.57 Å². The standard InChI is InChI=1S/C32H32N4O6S/c1-32(2,3)42-31(37)35-25-9-7-6-8-20(25)18-26(35)29-28(34-30(33)43-29)24(19-10-13-23(40-4)14-11-19)17-21-16-22(36(38)39)12-15-27(21)41-5/h6-16,18,24H,17H2,1-5H3,(H2,33,34)/p+1. The minimum atomic E-state index is -0.715. The maximum atomic E-state index is 13.6. The Kier molecular flexibility index (Phi) is 8.10. The lowest BCUT2D eigenvalue weighted by atomic mass is 9.87. The Bertz CT molecular complexity index is 1800. The number of non-ortho nitro benzene ring substituents is 1. The number of nitrogen functional groups attached to an aromatic ring is 1. The molecule has 0 saturated heterocycles. The predicted molar refractivity (Wildman–Crippen MR) is 166 cm³/mol. The van der Waals surface area contributed by atoms with Gasteiger partial charge in [-0.1, -0.05) is 30.3 Å². The summed E-state index contributed by atoms with van der Waals surface area (Å²) < 4.78 is 18.4. The quantitative estimate of drug-likeness (QED) is 0.152. The molecule has 43 heavy (non-hydrogen) atoms. The number of nitrogens with zero attached hydrogens (tertiary/aromatic N) is 2. The van der Waals surface area contributed by atoms with Gasteiger partial charge in [0.15, 0.2) is 0 Å². The first-order valence-corrected chi connectivity index (χ1v) is 14.4. The molecular formula is C32H33N4O6S+. The number of hydrogen-bond donors (Lipinski definition) is 1. The summed E-state index contributed by atoms with van der Waals surface area (Å²) in [6.45, 7) is 5.47. The molecule has 2 aromatic heterocycles. The number of carbonyl (C=O) groups excluding carboxylic acids is 1. The molecule has 1 atom stereocenters. The van der Waals surface area contributed by atoms with Gasteiger partial charge in [-0.05, 0) is 74.4 Å². The zero-order chi connectivity index (χ0) is 30.9. The summed E-state index contributed by atoms with van der Waals surface area (Å²) in [5.74, 6) is 0.849. The van der Waals surface area contributed by atoms with Gasteiger partial charge in [-0.15, -0.1) is 0 Å². The van der Waals surface area contributed by atoms with Crippen molar-refractivity contribution >= 4 is 39.2 Å². The number of methoxy groups -OCH3 is 2. The van der Waals surface area contributed by atoms with Crippen LogP contribution in [-0.2, 0) is 11.2 Å². The van der Waals surface area contributed by atoms with Crippen LogP contribution in [0.15, 0.2) is 72.8 Å². The SMILES string of the molecule is COc1ccc(C(Cc2cc([N+](=O)[O-])ccc2OC)c2[nH+]c(N)sc2-c2cc3ccccc3n2C(=O)OC(C)(C)C)cc1. The number of aromatic nitrogens is 2. The van der Waals surface area contributed by atoms with Crippen molar-refractivity contribution in [2.24, 2.45) is 0 Å². The van der Waals surface area contributed by atoms with Crippen molar-refractivity contribution in [1.29, 1.82) is 0 Å². The number of hydrogen-bond acceptors (Lipinski definition) is 8.